The van der Waals surface area contributed by atoms with E-state index in [4.69, 9.17) is 16.3 Å². The third-order valence-corrected chi connectivity index (χ3v) is 2.18. The maximum Gasteiger partial charge on any atom is 0.226 e. The smallest absolute Gasteiger partial charge is 0.226 e. The summed E-state index contributed by atoms with van der Waals surface area (Å²) in [5.41, 5.74) is 0.124. The van der Waals surface area contributed by atoms with Crippen molar-refractivity contribution in [3.05, 3.63) is 23.0 Å². The third kappa shape index (κ3) is 1.59. The summed E-state index contributed by atoms with van der Waals surface area (Å²) in [6, 6.07) is 0. The third-order valence-electron chi connectivity index (χ3n) is 1.91. The Morgan fingerprint density at radius 3 is 2.80 bits per heavy atom. The second kappa shape index (κ2) is 3.58. The molecule has 6 heteroatoms. The number of rotatable bonds is 1. The highest BCUT2D eigenvalue weighted by atomic mass is 35.5. The zero-order valence-electron chi connectivity index (χ0n) is 8.08. The number of pyridine rings is 1. The maximum atomic E-state index is 13.6. The summed E-state index contributed by atoms with van der Waals surface area (Å²) in [4.78, 5) is 11.6. The van der Waals surface area contributed by atoms with Crippen LogP contribution >= 0.6 is 11.6 Å². The quantitative estimate of drug-likeness (QED) is 0.701. The van der Waals surface area contributed by atoms with Gasteiger partial charge in [0.05, 0.1) is 12.5 Å². The molecule has 0 radical (unpaired) electrons. The lowest BCUT2D eigenvalue weighted by Gasteiger charge is -2.05. The molecule has 78 valence electrons. The normalized spacial score (nSPS) is 10.7. The van der Waals surface area contributed by atoms with Crippen molar-refractivity contribution in [3.8, 4) is 5.88 Å². The first kappa shape index (κ1) is 10.0. The zero-order valence-corrected chi connectivity index (χ0v) is 8.84. The highest BCUT2D eigenvalue weighted by Gasteiger charge is 2.13. The van der Waals surface area contributed by atoms with Crippen LogP contribution in [0.2, 0.25) is 5.15 Å². The molecule has 0 saturated carbocycles. The molecule has 4 nitrogen and oxygen atoms in total. The zero-order chi connectivity index (χ0) is 11.0. The number of aryl methyl sites for hydroxylation is 1. The van der Waals surface area contributed by atoms with E-state index in [2.05, 4.69) is 15.0 Å². The van der Waals surface area contributed by atoms with Crippen LogP contribution in [0.3, 0.4) is 0 Å². The molecular weight excluding hydrogens is 221 g/mol. The van der Waals surface area contributed by atoms with Crippen LogP contribution in [0.4, 0.5) is 4.39 Å². The average Bonchev–Trinajstić information content (AvgIpc) is 2.23. The Morgan fingerprint density at radius 2 is 2.13 bits per heavy atom. The lowest BCUT2D eigenvalue weighted by Crippen LogP contribution is -1.98. The fourth-order valence-electron chi connectivity index (χ4n) is 1.27. The number of methoxy groups -OCH3 is 1. The van der Waals surface area contributed by atoms with Gasteiger partial charge in [0.25, 0.3) is 0 Å². The van der Waals surface area contributed by atoms with Gasteiger partial charge in [0.2, 0.25) is 5.88 Å². The molecule has 0 spiro atoms. The van der Waals surface area contributed by atoms with Crippen LogP contribution < -0.4 is 4.74 Å². The van der Waals surface area contributed by atoms with Crippen molar-refractivity contribution in [1.82, 2.24) is 15.0 Å². The topological polar surface area (TPSA) is 47.9 Å². The first-order valence-corrected chi connectivity index (χ1v) is 4.53. The van der Waals surface area contributed by atoms with Gasteiger partial charge in [-0.25, -0.2) is 14.4 Å². The minimum Gasteiger partial charge on any atom is -0.480 e. The van der Waals surface area contributed by atoms with E-state index < -0.39 is 5.82 Å². The number of hydrogen-bond acceptors (Lipinski definition) is 4. The number of fused-ring (bicyclic) bond motifs is 1. The van der Waals surface area contributed by atoms with Crippen LogP contribution in [-0.4, -0.2) is 22.1 Å². The van der Waals surface area contributed by atoms with Crippen LogP contribution in [0, 0.1) is 12.7 Å². The van der Waals surface area contributed by atoms with Gasteiger partial charge >= 0.3 is 0 Å². The molecule has 0 bridgehead atoms. The van der Waals surface area contributed by atoms with Crippen molar-refractivity contribution < 1.29 is 9.13 Å². The second-order valence-corrected chi connectivity index (χ2v) is 3.26. The van der Waals surface area contributed by atoms with Gasteiger partial charge < -0.3 is 4.74 Å². The summed E-state index contributed by atoms with van der Waals surface area (Å²) in [6.45, 7) is 1.65. The van der Waals surface area contributed by atoms with E-state index in [0.717, 1.165) is 0 Å². The molecule has 0 saturated heterocycles. The summed E-state index contributed by atoms with van der Waals surface area (Å²) in [6.07, 6.45) is 1.39. The average molecular weight is 228 g/mol. The number of hydrogen-bond donors (Lipinski definition) is 0. The number of halogens is 2. The van der Waals surface area contributed by atoms with E-state index >= 15 is 0 Å². The Hall–Kier alpha value is -1.49. The van der Waals surface area contributed by atoms with Crippen molar-refractivity contribution in [1.29, 1.82) is 0 Å². The molecule has 0 unspecified atom stereocenters. The van der Waals surface area contributed by atoms with E-state index in [9.17, 15) is 4.39 Å². The molecule has 2 heterocycles. The van der Waals surface area contributed by atoms with E-state index in [-0.39, 0.29) is 10.7 Å². The molecule has 2 aromatic rings. The summed E-state index contributed by atoms with van der Waals surface area (Å²) < 4.78 is 18.6. The molecule has 0 fully saturated rings. The first-order valence-electron chi connectivity index (χ1n) is 4.16. The summed E-state index contributed by atoms with van der Waals surface area (Å²) in [5.74, 6) is 0.0547. The molecule has 2 rings (SSSR count). The van der Waals surface area contributed by atoms with Gasteiger partial charge in [-0.1, -0.05) is 11.6 Å². The predicted molar refractivity (Wildman–Crippen MR) is 53.6 cm³/mol. The minimum absolute atomic E-state index is 0.124. The predicted octanol–water partition coefficient (Wildman–Crippen LogP) is 2.13. The minimum atomic E-state index is -0.655. The van der Waals surface area contributed by atoms with Crippen LogP contribution in [0.1, 0.15) is 5.82 Å². The Balaban J connectivity index is 2.89. The Kier molecular flexibility index (Phi) is 2.40. The molecule has 0 N–H and O–H groups in total. The molecule has 0 amide bonds. The SMILES string of the molecule is COc1nc(C)nc2c(F)c(Cl)ncc12. The maximum absolute atomic E-state index is 13.6. The largest absolute Gasteiger partial charge is 0.480 e. The van der Waals surface area contributed by atoms with E-state index in [0.29, 0.717) is 17.1 Å². The second-order valence-electron chi connectivity index (χ2n) is 2.91. The molecular formula is C9H7ClFN3O. The van der Waals surface area contributed by atoms with Gasteiger partial charge in [0.15, 0.2) is 11.0 Å². The van der Waals surface area contributed by atoms with Gasteiger partial charge in [-0.05, 0) is 6.92 Å². The van der Waals surface area contributed by atoms with Crippen molar-refractivity contribution in [2.75, 3.05) is 7.11 Å². The van der Waals surface area contributed by atoms with Crippen LogP contribution in [-0.2, 0) is 0 Å². The van der Waals surface area contributed by atoms with Crippen LogP contribution in [0.5, 0.6) is 5.88 Å². The van der Waals surface area contributed by atoms with Gasteiger partial charge in [0, 0.05) is 6.20 Å². The highest BCUT2D eigenvalue weighted by Crippen LogP contribution is 2.26. The monoisotopic (exact) mass is 227 g/mol. The summed E-state index contributed by atoms with van der Waals surface area (Å²) >= 11 is 5.55. The molecule has 0 aliphatic carbocycles. The number of nitrogens with zero attached hydrogens (tertiary/aromatic N) is 3. The van der Waals surface area contributed by atoms with Crippen LogP contribution in [0.15, 0.2) is 6.20 Å². The van der Waals surface area contributed by atoms with Crippen molar-refractivity contribution >= 4 is 22.5 Å². The van der Waals surface area contributed by atoms with Crippen LogP contribution in [0.25, 0.3) is 10.9 Å². The Morgan fingerprint density at radius 1 is 1.40 bits per heavy atom. The van der Waals surface area contributed by atoms with Gasteiger partial charge in [-0.3, -0.25) is 0 Å². The highest BCUT2D eigenvalue weighted by molar-refractivity contribution is 6.30. The lowest BCUT2D eigenvalue weighted by atomic mass is 10.3. The standard InChI is InChI=1S/C9H7ClFN3O/c1-4-13-7-5(9(14-4)15-2)3-12-8(10)6(7)11/h3H,1-2H3. The van der Waals surface area contributed by atoms with E-state index in [1.807, 2.05) is 0 Å². The fourth-order valence-corrected chi connectivity index (χ4v) is 1.41. The van der Waals surface area contributed by atoms with E-state index in [1.54, 1.807) is 6.92 Å². The molecule has 0 aromatic carbocycles. The fraction of sp³-hybridized carbons (Fsp3) is 0.222. The number of aromatic nitrogens is 3. The lowest BCUT2D eigenvalue weighted by molar-refractivity contribution is 0.401. The number of ether oxygens (including phenoxy) is 1. The Bertz CT molecular complexity index is 532. The first-order chi connectivity index (χ1) is 7.13. The van der Waals surface area contributed by atoms with Gasteiger partial charge in [-0.2, -0.15) is 4.98 Å². The summed E-state index contributed by atoms with van der Waals surface area (Å²) in [5, 5.41) is 0.202. The molecule has 2 aromatic heterocycles. The van der Waals surface area contributed by atoms with Gasteiger partial charge in [0.1, 0.15) is 11.3 Å². The summed E-state index contributed by atoms with van der Waals surface area (Å²) in [7, 11) is 1.45. The molecule has 0 aliphatic heterocycles. The van der Waals surface area contributed by atoms with Gasteiger partial charge in [-0.15, -0.1) is 0 Å². The van der Waals surface area contributed by atoms with E-state index in [1.165, 1.54) is 13.3 Å². The molecule has 0 atom stereocenters. The van der Waals surface area contributed by atoms with Crippen molar-refractivity contribution in [2.24, 2.45) is 0 Å². The molecule has 15 heavy (non-hydrogen) atoms. The van der Waals surface area contributed by atoms with Crippen molar-refractivity contribution in [2.45, 2.75) is 6.92 Å². The Labute approximate surface area is 90.1 Å². The molecule has 0 aliphatic rings. The van der Waals surface area contributed by atoms with Crippen molar-refractivity contribution in [3.63, 3.8) is 0 Å².